The van der Waals surface area contributed by atoms with E-state index in [1.54, 1.807) is 23.9 Å². The highest BCUT2D eigenvalue weighted by Gasteiger charge is 2.10. The summed E-state index contributed by atoms with van der Waals surface area (Å²) in [6.07, 6.45) is 2.91. The van der Waals surface area contributed by atoms with Gasteiger partial charge in [-0.15, -0.1) is 11.8 Å². The standard InChI is InChI=1S/C18H22FNS/c1-13(11-15-5-4-6-17(19)12-15)20-14(2)16-7-9-18(21-3)10-8-16/h4-10,12-14,20H,11H2,1-3H3. The fourth-order valence-electron chi connectivity index (χ4n) is 2.49. The maximum absolute atomic E-state index is 13.2. The average molecular weight is 303 g/mol. The van der Waals surface area contributed by atoms with E-state index in [0.29, 0.717) is 6.04 Å². The Morgan fingerprint density at radius 2 is 1.81 bits per heavy atom. The maximum atomic E-state index is 13.2. The smallest absolute Gasteiger partial charge is 0.123 e. The van der Waals surface area contributed by atoms with Crippen LogP contribution in [0, 0.1) is 5.82 Å². The van der Waals surface area contributed by atoms with Crippen LogP contribution in [0.25, 0.3) is 0 Å². The highest BCUT2D eigenvalue weighted by molar-refractivity contribution is 7.98. The molecule has 0 aliphatic rings. The summed E-state index contributed by atoms with van der Waals surface area (Å²) in [5.74, 6) is -0.166. The molecule has 1 nitrogen and oxygen atoms in total. The summed E-state index contributed by atoms with van der Waals surface area (Å²) in [6, 6.07) is 16.0. The predicted molar refractivity (Wildman–Crippen MR) is 89.3 cm³/mol. The Balaban J connectivity index is 1.93. The first-order chi connectivity index (χ1) is 10.1. The fourth-order valence-corrected chi connectivity index (χ4v) is 2.90. The third-order valence-corrected chi connectivity index (χ3v) is 4.32. The third kappa shape index (κ3) is 4.87. The molecule has 3 heteroatoms. The van der Waals surface area contributed by atoms with Crippen LogP contribution in [0.2, 0.25) is 0 Å². The maximum Gasteiger partial charge on any atom is 0.123 e. The monoisotopic (exact) mass is 303 g/mol. The van der Waals surface area contributed by atoms with Crippen LogP contribution in [0.3, 0.4) is 0 Å². The molecule has 0 saturated heterocycles. The summed E-state index contributed by atoms with van der Waals surface area (Å²) < 4.78 is 13.2. The summed E-state index contributed by atoms with van der Waals surface area (Å²) >= 11 is 1.75. The van der Waals surface area contributed by atoms with Crippen LogP contribution in [0.15, 0.2) is 53.4 Å². The van der Waals surface area contributed by atoms with Crippen molar-refractivity contribution < 1.29 is 4.39 Å². The molecule has 2 unspecified atom stereocenters. The highest BCUT2D eigenvalue weighted by Crippen LogP contribution is 2.19. The Hall–Kier alpha value is -1.32. The van der Waals surface area contributed by atoms with Gasteiger partial charge in [-0.25, -0.2) is 4.39 Å². The van der Waals surface area contributed by atoms with Crippen molar-refractivity contribution in [1.29, 1.82) is 0 Å². The van der Waals surface area contributed by atoms with Gasteiger partial charge in [0.1, 0.15) is 5.82 Å². The fraction of sp³-hybridized carbons (Fsp3) is 0.333. The normalized spacial score (nSPS) is 13.9. The van der Waals surface area contributed by atoms with Gasteiger partial charge in [0.05, 0.1) is 0 Å². The number of thioether (sulfide) groups is 1. The van der Waals surface area contributed by atoms with E-state index in [2.05, 4.69) is 49.7 Å². The number of halogens is 1. The number of benzene rings is 2. The Kier molecular flexibility index (Phi) is 5.83. The number of hydrogen-bond acceptors (Lipinski definition) is 2. The molecular weight excluding hydrogens is 281 g/mol. The lowest BCUT2D eigenvalue weighted by atomic mass is 10.0. The minimum Gasteiger partial charge on any atom is -0.307 e. The first kappa shape index (κ1) is 16.1. The molecule has 0 heterocycles. The minimum absolute atomic E-state index is 0.166. The van der Waals surface area contributed by atoms with Gasteiger partial charge in [0.25, 0.3) is 0 Å². The Morgan fingerprint density at radius 1 is 1.10 bits per heavy atom. The predicted octanol–water partition coefficient (Wildman–Crippen LogP) is 4.83. The zero-order valence-electron chi connectivity index (χ0n) is 12.8. The van der Waals surface area contributed by atoms with Crippen molar-refractivity contribution in [3.63, 3.8) is 0 Å². The molecule has 0 amide bonds. The van der Waals surface area contributed by atoms with E-state index < -0.39 is 0 Å². The van der Waals surface area contributed by atoms with Gasteiger partial charge in [-0.2, -0.15) is 0 Å². The molecule has 21 heavy (non-hydrogen) atoms. The molecule has 2 aromatic carbocycles. The molecule has 2 atom stereocenters. The molecule has 2 aromatic rings. The van der Waals surface area contributed by atoms with E-state index in [9.17, 15) is 4.39 Å². The van der Waals surface area contributed by atoms with Crippen LogP contribution >= 0.6 is 11.8 Å². The molecule has 0 aromatic heterocycles. The van der Waals surface area contributed by atoms with Crippen molar-refractivity contribution in [1.82, 2.24) is 5.32 Å². The topological polar surface area (TPSA) is 12.0 Å². The molecule has 0 fully saturated rings. The SMILES string of the molecule is CSc1ccc(C(C)NC(C)Cc2cccc(F)c2)cc1. The zero-order chi connectivity index (χ0) is 15.2. The van der Waals surface area contributed by atoms with E-state index >= 15 is 0 Å². The summed E-state index contributed by atoms with van der Waals surface area (Å²) in [4.78, 5) is 1.28. The van der Waals surface area contributed by atoms with Crippen molar-refractivity contribution in [2.45, 2.75) is 37.2 Å². The molecule has 0 spiro atoms. The summed E-state index contributed by atoms with van der Waals surface area (Å²) in [6.45, 7) is 4.30. The second-order valence-corrected chi connectivity index (χ2v) is 6.28. The Bertz CT molecular complexity index is 568. The molecule has 2 rings (SSSR count). The van der Waals surface area contributed by atoms with Gasteiger partial charge < -0.3 is 5.32 Å². The molecule has 0 saturated carbocycles. The molecule has 0 aliphatic heterocycles. The van der Waals surface area contributed by atoms with E-state index in [0.717, 1.165) is 12.0 Å². The lowest BCUT2D eigenvalue weighted by molar-refractivity contribution is 0.476. The minimum atomic E-state index is -0.166. The van der Waals surface area contributed by atoms with E-state index in [-0.39, 0.29) is 11.9 Å². The second-order valence-electron chi connectivity index (χ2n) is 5.40. The van der Waals surface area contributed by atoms with E-state index in [1.807, 2.05) is 6.07 Å². The van der Waals surface area contributed by atoms with Gasteiger partial charge in [-0.05, 0) is 61.9 Å². The van der Waals surface area contributed by atoms with Gasteiger partial charge in [-0.1, -0.05) is 24.3 Å². The van der Waals surface area contributed by atoms with Crippen molar-refractivity contribution in [3.8, 4) is 0 Å². The number of hydrogen-bond donors (Lipinski definition) is 1. The number of rotatable bonds is 6. The van der Waals surface area contributed by atoms with Crippen molar-refractivity contribution in [2.24, 2.45) is 0 Å². The van der Waals surface area contributed by atoms with Crippen molar-refractivity contribution in [3.05, 3.63) is 65.5 Å². The van der Waals surface area contributed by atoms with Crippen LogP contribution in [-0.4, -0.2) is 12.3 Å². The van der Waals surface area contributed by atoms with Crippen LogP contribution in [-0.2, 0) is 6.42 Å². The molecule has 0 bridgehead atoms. The van der Waals surface area contributed by atoms with Crippen LogP contribution < -0.4 is 5.32 Å². The van der Waals surface area contributed by atoms with Gasteiger partial charge in [0.2, 0.25) is 0 Å². The highest BCUT2D eigenvalue weighted by atomic mass is 32.2. The summed E-state index contributed by atoms with van der Waals surface area (Å²) in [5, 5.41) is 3.57. The Labute approximate surface area is 131 Å². The molecule has 0 aliphatic carbocycles. The lowest BCUT2D eigenvalue weighted by Gasteiger charge is -2.20. The van der Waals surface area contributed by atoms with Gasteiger partial charge in [-0.3, -0.25) is 0 Å². The zero-order valence-corrected chi connectivity index (χ0v) is 13.6. The van der Waals surface area contributed by atoms with Gasteiger partial charge >= 0.3 is 0 Å². The molecular formula is C18H22FNS. The van der Waals surface area contributed by atoms with Gasteiger partial charge in [0.15, 0.2) is 0 Å². The summed E-state index contributed by atoms with van der Waals surface area (Å²) in [7, 11) is 0. The summed E-state index contributed by atoms with van der Waals surface area (Å²) in [5.41, 5.74) is 2.30. The van der Waals surface area contributed by atoms with Gasteiger partial charge in [0, 0.05) is 17.0 Å². The average Bonchev–Trinajstić information content (AvgIpc) is 2.47. The largest absolute Gasteiger partial charge is 0.307 e. The van der Waals surface area contributed by atoms with E-state index in [4.69, 9.17) is 0 Å². The molecule has 112 valence electrons. The van der Waals surface area contributed by atoms with Crippen molar-refractivity contribution in [2.75, 3.05) is 6.26 Å². The van der Waals surface area contributed by atoms with E-state index in [1.165, 1.54) is 16.5 Å². The van der Waals surface area contributed by atoms with Crippen LogP contribution in [0.4, 0.5) is 4.39 Å². The molecule has 0 radical (unpaired) electrons. The first-order valence-electron chi connectivity index (χ1n) is 7.23. The quantitative estimate of drug-likeness (QED) is 0.767. The Morgan fingerprint density at radius 3 is 2.43 bits per heavy atom. The second kappa shape index (κ2) is 7.62. The van der Waals surface area contributed by atoms with Crippen LogP contribution in [0.1, 0.15) is 31.0 Å². The molecule has 1 N–H and O–H groups in total. The third-order valence-electron chi connectivity index (χ3n) is 3.58. The number of nitrogens with one attached hydrogen (secondary N) is 1. The van der Waals surface area contributed by atoms with Crippen molar-refractivity contribution >= 4 is 11.8 Å². The lowest BCUT2D eigenvalue weighted by Crippen LogP contribution is -2.30. The van der Waals surface area contributed by atoms with Crippen LogP contribution in [0.5, 0.6) is 0 Å². The first-order valence-corrected chi connectivity index (χ1v) is 8.45.